The summed E-state index contributed by atoms with van der Waals surface area (Å²) in [5, 5.41) is 10.3. The van der Waals surface area contributed by atoms with E-state index in [9.17, 15) is 5.11 Å². The van der Waals surface area contributed by atoms with Crippen molar-refractivity contribution in [3.63, 3.8) is 0 Å². The van der Waals surface area contributed by atoms with E-state index >= 15 is 0 Å². The van der Waals surface area contributed by atoms with Gasteiger partial charge in [-0.2, -0.15) is 0 Å². The predicted molar refractivity (Wildman–Crippen MR) is 96.8 cm³/mol. The zero-order chi connectivity index (χ0) is 17.7. The van der Waals surface area contributed by atoms with Crippen LogP contribution in [0.3, 0.4) is 0 Å². The molecule has 0 aliphatic heterocycles. The van der Waals surface area contributed by atoms with Crippen molar-refractivity contribution in [2.75, 3.05) is 0 Å². The minimum absolute atomic E-state index is 0.156. The van der Waals surface area contributed by atoms with E-state index in [4.69, 9.17) is 4.74 Å². The molecule has 0 saturated heterocycles. The molecule has 0 heterocycles. The third-order valence-electron chi connectivity index (χ3n) is 5.75. The van der Waals surface area contributed by atoms with Crippen LogP contribution in [0.5, 0.6) is 0 Å². The number of rotatable bonds is 5. The molecule has 1 N–H and O–H groups in total. The van der Waals surface area contributed by atoms with E-state index in [2.05, 4.69) is 47.8 Å². The first-order chi connectivity index (χ1) is 10.1. The standard InChI is InChI=1S/C18H32O2.C2H6/c1-9-13(4)18(20-14(5)12(2)3)11-10-16(19)17(7,8)15(18)6;1-2/h13,15-16,19H,2,5,9-11H2,1,3-4,6-8H3;1-2H3. The topological polar surface area (TPSA) is 29.5 Å². The van der Waals surface area contributed by atoms with Crippen LogP contribution < -0.4 is 0 Å². The maximum absolute atomic E-state index is 10.3. The Morgan fingerprint density at radius 3 is 2.23 bits per heavy atom. The van der Waals surface area contributed by atoms with Crippen LogP contribution in [-0.4, -0.2) is 16.8 Å². The Balaban J connectivity index is 0.00000211. The molecule has 2 nitrogen and oxygen atoms in total. The summed E-state index contributed by atoms with van der Waals surface area (Å²) in [4.78, 5) is 0. The fourth-order valence-electron chi connectivity index (χ4n) is 3.44. The quantitative estimate of drug-likeness (QED) is 0.519. The Kier molecular flexibility index (Phi) is 7.91. The van der Waals surface area contributed by atoms with Crippen LogP contribution in [0.15, 0.2) is 24.5 Å². The molecule has 0 aromatic heterocycles. The second kappa shape index (κ2) is 8.19. The highest BCUT2D eigenvalue weighted by Crippen LogP contribution is 2.52. The van der Waals surface area contributed by atoms with Gasteiger partial charge in [-0.1, -0.05) is 61.6 Å². The van der Waals surface area contributed by atoms with E-state index in [1.807, 2.05) is 20.8 Å². The lowest BCUT2D eigenvalue weighted by atomic mass is 9.57. The third-order valence-corrected chi connectivity index (χ3v) is 5.75. The summed E-state index contributed by atoms with van der Waals surface area (Å²) in [5.74, 6) is 1.36. The Morgan fingerprint density at radius 1 is 1.32 bits per heavy atom. The molecule has 1 aliphatic carbocycles. The minimum Gasteiger partial charge on any atom is -0.487 e. The molecule has 0 spiro atoms. The SMILES string of the molecule is C=C(C)C(=C)OC1(C(C)CC)CCC(O)C(C)(C)C1C.CC. The number of hydrogen-bond acceptors (Lipinski definition) is 2. The smallest absolute Gasteiger partial charge is 0.115 e. The lowest BCUT2D eigenvalue weighted by molar-refractivity contribution is -0.178. The van der Waals surface area contributed by atoms with E-state index in [1.54, 1.807) is 0 Å². The van der Waals surface area contributed by atoms with E-state index in [-0.39, 0.29) is 23.0 Å². The molecule has 0 radical (unpaired) electrons. The second-order valence-corrected chi connectivity index (χ2v) is 7.17. The van der Waals surface area contributed by atoms with Gasteiger partial charge in [-0.05, 0) is 43.1 Å². The van der Waals surface area contributed by atoms with Crippen LogP contribution in [0.2, 0.25) is 0 Å². The molecule has 2 heteroatoms. The Bertz CT molecular complexity index is 383. The van der Waals surface area contributed by atoms with Crippen molar-refractivity contribution in [3.05, 3.63) is 24.5 Å². The van der Waals surface area contributed by atoms with Crippen LogP contribution in [0.1, 0.15) is 74.7 Å². The maximum atomic E-state index is 10.3. The van der Waals surface area contributed by atoms with E-state index in [1.165, 1.54) is 0 Å². The molecule has 4 unspecified atom stereocenters. The minimum atomic E-state index is -0.267. The molecule has 0 amide bonds. The van der Waals surface area contributed by atoms with Crippen molar-refractivity contribution >= 4 is 0 Å². The van der Waals surface area contributed by atoms with Crippen LogP contribution in [-0.2, 0) is 4.74 Å². The van der Waals surface area contributed by atoms with Gasteiger partial charge in [0.25, 0.3) is 0 Å². The monoisotopic (exact) mass is 310 g/mol. The van der Waals surface area contributed by atoms with Crippen LogP contribution >= 0.6 is 0 Å². The highest BCUT2D eigenvalue weighted by atomic mass is 16.5. The first kappa shape index (κ1) is 21.2. The zero-order valence-corrected chi connectivity index (χ0v) is 16.1. The largest absolute Gasteiger partial charge is 0.487 e. The third kappa shape index (κ3) is 3.95. The van der Waals surface area contributed by atoms with Gasteiger partial charge < -0.3 is 9.84 Å². The molecule has 1 fully saturated rings. The first-order valence-corrected chi connectivity index (χ1v) is 8.81. The Hall–Kier alpha value is -0.760. The summed E-state index contributed by atoms with van der Waals surface area (Å²) in [6, 6.07) is 0. The fourth-order valence-corrected chi connectivity index (χ4v) is 3.44. The molecule has 0 bridgehead atoms. The number of hydrogen-bond donors (Lipinski definition) is 1. The molecule has 4 atom stereocenters. The molecular weight excluding hydrogens is 272 g/mol. The van der Waals surface area contributed by atoms with Gasteiger partial charge in [0, 0.05) is 5.92 Å². The zero-order valence-electron chi connectivity index (χ0n) is 16.1. The van der Waals surface area contributed by atoms with Gasteiger partial charge in [-0.15, -0.1) is 0 Å². The average molecular weight is 311 g/mol. The molecule has 1 aliphatic rings. The Labute approximate surface area is 138 Å². The maximum Gasteiger partial charge on any atom is 0.115 e. The van der Waals surface area contributed by atoms with Gasteiger partial charge >= 0.3 is 0 Å². The van der Waals surface area contributed by atoms with E-state index in [0.29, 0.717) is 11.7 Å². The second-order valence-electron chi connectivity index (χ2n) is 7.17. The number of ether oxygens (including phenoxy) is 1. The summed E-state index contributed by atoms with van der Waals surface area (Å²) in [6.45, 7) is 24.8. The molecule has 0 aromatic carbocycles. The highest BCUT2D eigenvalue weighted by Gasteiger charge is 2.54. The lowest BCUT2D eigenvalue weighted by Gasteiger charge is -2.55. The number of allylic oxidation sites excluding steroid dienone is 1. The summed E-state index contributed by atoms with van der Waals surface area (Å²) < 4.78 is 6.38. The summed E-state index contributed by atoms with van der Waals surface area (Å²) in [7, 11) is 0. The Morgan fingerprint density at radius 2 is 1.82 bits per heavy atom. The van der Waals surface area contributed by atoms with Gasteiger partial charge in [0.15, 0.2) is 0 Å². The van der Waals surface area contributed by atoms with Crippen LogP contribution in [0.4, 0.5) is 0 Å². The fraction of sp³-hybridized carbons (Fsp3) is 0.800. The van der Waals surface area contributed by atoms with Gasteiger partial charge in [0.2, 0.25) is 0 Å². The molecule has 0 aromatic rings. The highest BCUT2D eigenvalue weighted by molar-refractivity contribution is 5.18. The number of aliphatic hydroxyl groups excluding tert-OH is 1. The first-order valence-electron chi connectivity index (χ1n) is 8.81. The summed E-state index contributed by atoms with van der Waals surface area (Å²) in [6.07, 6.45) is 2.45. The van der Waals surface area contributed by atoms with Crippen molar-refractivity contribution in [3.8, 4) is 0 Å². The van der Waals surface area contributed by atoms with Crippen molar-refractivity contribution in [2.24, 2.45) is 17.3 Å². The molecular formula is C20H38O2. The lowest BCUT2D eigenvalue weighted by Crippen LogP contribution is -2.58. The average Bonchev–Trinajstić information content (AvgIpc) is 2.49. The van der Waals surface area contributed by atoms with Gasteiger partial charge in [0.1, 0.15) is 11.4 Å². The number of aliphatic hydroxyl groups is 1. The van der Waals surface area contributed by atoms with Crippen LogP contribution in [0, 0.1) is 17.3 Å². The molecule has 22 heavy (non-hydrogen) atoms. The predicted octanol–water partition coefficient (Wildman–Crippen LogP) is 5.72. The summed E-state index contributed by atoms with van der Waals surface area (Å²) in [5.41, 5.74) is 0.466. The van der Waals surface area contributed by atoms with Gasteiger partial charge in [-0.25, -0.2) is 0 Å². The van der Waals surface area contributed by atoms with Crippen molar-refractivity contribution in [1.82, 2.24) is 0 Å². The van der Waals surface area contributed by atoms with Gasteiger partial charge in [-0.3, -0.25) is 0 Å². The van der Waals surface area contributed by atoms with Crippen molar-refractivity contribution in [1.29, 1.82) is 0 Å². The van der Waals surface area contributed by atoms with E-state index < -0.39 is 0 Å². The van der Waals surface area contributed by atoms with E-state index in [0.717, 1.165) is 24.8 Å². The van der Waals surface area contributed by atoms with Crippen molar-refractivity contribution in [2.45, 2.75) is 86.4 Å². The van der Waals surface area contributed by atoms with Crippen LogP contribution in [0.25, 0.3) is 0 Å². The van der Waals surface area contributed by atoms with Crippen molar-refractivity contribution < 1.29 is 9.84 Å². The molecule has 1 rings (SSSR count). The normalized spacial score (nSPS) is 31.5. The summed E-state index contributed by atoms with van der Waals surface area (Å²) >= 11 is 0. The molecule has 1 saturated carbocycles. The molecule has 130 valence electrons. The van der Waals surface area contributed by atoms with Gasteiger partial charge in [0.05, 0.1) is 6.10 Å².